The number of anilines is 1. The number of carbonyl (C=O) groups is 1. The second-order valence-electron chi connectivity index (χ2n) is 9.63. The third-order valence-corrected chi connectivity index (χ3v) is 7.36. The summed E-state index contributed by atoms with van der Waals surface area (Å²) in [6.07, 6.45) is 4.34. The average molecular weight is 507 g/mol. The third kappa shape index (κ3) is 5.67. The Morgan fingerprint density at radius 1 is 1.06 bits per heavy atom. The summed E-state index contributed by atoms with van der Waals surface area (Å²) in [5.74, 6) is 0.269. The molecule has 2 atom stereocenters. The lowest BCUT2D eigenvalue weighted by atomic mass is 9.88. The maximum absolute atomic E-state index is 11.9. The van der Waals surface area contributed by atoms with Crippen LogP contribution in [-0.2, 0) is 12.8 Å². The summed E-state index contributed by atoms with van der Waals surface area (Å²) in [6.45, 7) is 2.23. The Morgan fingerprint density at radius 3 is 2.61 bits per heavy atom. The Morgan fingerprint density at radius 2 is 1.83 bits per heavy atom. The zero-order chi connectivity index (χ0) is 25.1. The normalized spacial score (nSPS) is 18.1. The first-order chi connectivity index (χ1) is 17.5. The van der Waals surface area contributed by atoms with Gasteiger partial charge in [-0.2, -0.15) is 0 Å². The van der Waals surface area contributed by atoms with Crippen LogP contribution < -0.4 is 15.0 Å². The molecule has 0 radical (unpaired) electrons. The highest BCUT2D eigenvalue weighted by Crippen LogP contribution is 2.33. The molecule has 2 aliphatic rings. The van der Waals surface area contributed by atoms with Gasteiger partial charge in [-0.05, 0) is 91.3 Å². The minimum Gasteiger partial charge on any atom is -0.478 e. The predicted molar refractivity (Wildman–Crippen MR) is 142 cm³/mol. The molecule has 7 heteroatoms. The number of carboxylic acids is 1. The van der Waals surface area contributed by atoms with Crippen LogP contribution in [0.25, 0.3) is 0 Å². The summed E-state index contributed by atoms with van der Waals surface area (Å²) < 4.78 is 6.10. The van der Waals surface area contributed by atoms with Gasteiger partial charge in [0.15, 0.2) is 0 Å². The largest absolute Gasteiger partial charge is 0.478 e. The van der Waals surface area contributed by atoms with Gasteiger partial charge < -0.3 is 25.2 Å². The molecule has 188 valence electrons. The highest BCUT2D eigenvalue weighted by Gasteiger charge is 2.22. The van der Waals surface area contributed by atoms with Crippen molar-refractivity contribution in [3.8, 4) is 11.5 Å². The van der Waals surface area contributed by atoms with Crippen LogP contribution >= 0.6 is 11.6 Å². The summed E-state index contributed by atoms with van der Waals surface area (Å²) in [6, 6.07) is 19.0. The minimum atomic E-state index is -0.943. The Labute approximate surface area is 216 Å². The van der Waals surface area contributed by atoms with E-state index in [1.165, 1.54) is 11.1 Å². The Bertz CT molecular complexity index is 1240. The molecular formula is C29H31ClN2O4. The van der Waals surface area contributed by atoms with E-state index in [0.29, 0.717) is 23.1 Å². The predicted octanol–water partition coefficient (Wildman–Crippen LogP) is 5.61. The lowest BCUT2D eigenvalue weighted by Crippen LogP contribution is -2.37. The molecule has 0 unspecified atom stereocenters. The molecule has 0 bridgehead atoms. The van der Waals surface area contributed by atoms with Crippen LogP contribution in [0.15, 0.2) is 60.7 Å². The quantitative estimate of drug-likeness (QED) is 0.368. The van der Waals surface area contributed by atoms with Crippen LogP contribution in [0.5, 0.6) is 11.5 Å². The first kappa shape index (κ1) is 24.6. The standard InChI is InChI=1S/C29H31ClN2O4/c30-22-5-3-4-20(14-22)28(33)18-31-23-8-6-19-7-9-24(16-21(19)15-23)36-25-10-11-27(26(17-25)29(34)35)32-12-1-2-13-32/h3-5,7,9-11,14,16-17,23,28,31,33H,1-2,6,8,12-13,15,18H2,(H,34,35)/t23-,28+/m0/s1. The topological polar surface area (TPSA) is 82.0 Å². The van der Waals surface area contributed by atoms with Gasteiger partial charge in [-0.1, -0.05) is 29.8 Å². The van der Waals surface area contributed by atoms with E-state index in [4.69, 9.17) is 16.3 Å². The van der Waals surface area contributed by atoms with Gasteiger partial charge in [-0.15, -0.1) is 0 Å². The molecule has 3 N–H and O–H groups in total. The highest BCUT2D eigenvalue weighted by atomic mass is 35.5. The molecule has 3 aromatic rings. The van der Waals surface area contributed by atoms with Crippen LogP contribution in [0.1, 0.15) is 52.4 Å². The number of nitrogens with one attached hydrogen (secondary N) is 1. The molecule has 0 spiro atoms. The van der Waals surface area contributed by atoms with Gasteiger partial charge in [-0.25, -0.2) is 4.79 Å². The lowest BCUT2D eigenvalue weighted by molar-refractivity contribution is 0.0697. The molecule has 0 aromatic heterocycles. The first-order valence-corrected chi connectivity index (χ1v) is 12.9. The molecule has 1 heterocycles. The number of nitrogens with zero attached hydrogens (tertiary/aromatic N) is 1. The van der Waals surface area contributed by atoms with Crippen molar-refractivity contribution in [3.05, 3.63) is 87.9 Å². The number of aryl methyl sites for hydroxylation is 1. The van der Waals surface area contributed by atoms with E-state index in [1.807, 2.05) is 36.4 Å². The molecule has 3 aromatic carbocycles. The number of carboxylic acid groups (broad SMARTS) is 1. The van der Waals surface area contributed by atoms with E-state index in [9.17, 15) is 15.0 Å². The molecule has 1 aliphatic heterocycles. The van der Waals surface area contributed by atoms with Crippen molar-refractivity contribution in [2.24, 2.45) is 0 Å². The molecule has 36 heavy (non-hydrogen) atoms. The number of halogens is 1. The fourth-order valence-corrected chi connectivity index (χ4v) is 5.40. The van der Waals surface area contributed by atoms with E-state index >= 15 is 0 Å². The van der Waals surface area contributed by atoms with Crippen molar-refractivity contribution < 1.29 is 19.7 Å². The van der Waals surface area contributed by atoms with Crippen LogP contribution in [0, 0.1) is 0 Å². The van der Waals surface area contributed by atoms with Crippen LogP contribution in [0.2, 0.25) is 5.02 Å². The fraction of sp³-hybridized carbons (Fsp3) is 0.345. The number of hydrogen-bond acceptors (Lipinski definition) is 5. The Hall–Kier alpha value is -3.06. The lowest BCUT2D eigenvalue weighted by Gasteiger charge is -2.27. The van der Waals surface area contributed by atoms with E-state index in [2.05, 4.69) is 16.3 Å². The van der Waals surface area contributed by atoms with Gasteiger partial charge >= 0.3 is 5.97 Å². The van der Waals surface area contributed by atoms with Crippen LogP contribution in [-0.4, -0.2) is 41.9 Å². The van der Waals surface area contributed by atoms with E-state index in [-0.39, 0.29) is 11.6 Å². The summed E-state index contributed by atoms with van der Waals surface area (Å²) in [5.41, 5.74) is 4.34. The summed E-state index contributed by atoms with van der Waals surface area (Å²) >= 11 is 6.05. The number of ether oxygens (including phenoxy) is 1. The van der Waals surface area contributed by atoms with Crippen molar-refractivity contribution in [1.82, 2.24) is 5.32 Å². The molecule has 0 saturated carbocycles. The second kappa shape index (κ2) is 10.9. The van der Waals surface area contributed by atoms with Crippen molar-refractivity contribution in [2.45, 2.75) is 44.2 Å². The van der Waals surface area contributed by atoms with Crippen LogP contribution in [0.3, 0.4) is 0 Å². The number of aliphatic hydroxyl groups excluding tert-OH is 1. The van der Waals surface area contributed by atoms with Crippen molar-refractivity contribution >= 4 is 23.3 Å². The van der Waals surface area contributed by atoms with E-state index < -0.39 is 12.1 Å². The summed E-state index contributed by atoms with van der Waals surface area (Å²) in [4.78, 5) is 14.0. The van der Waals surface area contributed by atoms with Crippen molar-refractivity contribution in [1.29, 1.82) is 0 Å². The molecule has 1 saturated heterocycles. The van der Waals surface area contributed by atoms with E-state index in [0.717, 1.165) is 56.4 Å². The van der Waals surface area contributed by atoms with Gasteiger partial charge in [0.05, 0.1) is 17.4 Å². The molecule has 1 fully saturated rings. The molecular weight excluding hydrogens is 476 g/mol. The zero-order valence-electron chi connectivity index (χ0n) is 20.1. The van der Waals surface area contributed by atoms with Gasteiger partial charge in [0, 0.05) is 30.7 Å². The maximum atomic E-state index is 11.9. The second-order valence-corrected chi connectivity index (χ2v) is 10.1. The number of hydrogen-bond donors (Lipinski definition) is 3. The van der Waals surface area contributed by atoms with Gasteiger partial charge in [0.1, 0.15) is 11.5 Å². The number of rotatable bonds is 8. The SMILES string of the molecule is O=C(O)c1cc(Oc2ccc3c(c2)C[C@@H](NC[C@@H](O)c2cccc(Cl)c2)CC3)ccc1N1CCCC1. The third-order valence-electron chi connectivity index (χ3n) is 7.12. The molecule has 6 nitrogen and oxygen atoms in total. The fourth-order valence-electron chi connectivity index (χ4n) is 5.20. The zero-order valence-corrected chi connectivity index (χ0v) is 20.9. The summed E-state index contributed by atoms with van der Waals surface area (Å²) in [7, 11) is 0. The Balaban J connectivity index is 1.25. The van der Waals surface area contributed by atoms with Crippen molar-refractivity contribution in [2.75, 3.05) is 24.5 Å². The number of aromatic carboxylic acids is 1. The van der Waals surface area contributed by atoms with E-state index in [1.54, 1.807) is 18.2 Å². The van der Waals surface area contributed by atoms with Gasteiger partial charge in [0.25, 0.3) is 0 Å². The number of benzene rings is 3. The number of aliphatic hydroxyl groups is 1. The summed E-state index contributed by atoms with van der Waals surface area (Å²) in [5, 5.41) is 24.4. The molecule has 1 aliphatic carbocycles. The van der Waals surface area contributed by atoms with Gasteiger partial charge in [-0.3, -0.25) is 0 Å². The number of fused-ring (bicyclic) bond motifs is 1. The highest BCUT2D eigenvalue weighted by molar-refractivity contribution is 6.30. The molecule has 0 amide bonds. The monoisotopic (exact) mass is 506 g/mol. The first-order valence-electron chi connectivity index (χ1n) is 12.5. The average Bonchev–Trinajstić information content (AvgIpc) is 3.42. The molecule has 5 rings (SSSR count). The Kier molecular flexibility index (Phi) is 7.46. The smallest absolute Gasteiger partial charge is 0.337 e. The maximum Gasteiger partial charge on any atom is 0.337 e. The minimum absolute atomic E-state index is 0.250. The van der Waals surface area contributed by atoms with Crippen molar-refractivity contribution in [3.63, 3.8) is 0 Å². The van der Waals surface area contributed by atoms with Gasteiger partial charge in [0.2, 0.25) is 0 Å². The van der Waals surface area contributed by atoms with Crippen LogP contribution in [0.4, 0.5) is 5.69 Å².